The van der Waals surface area contributed by atoms with Crippen molar-refractivity contribution in [2.24, 2.45) is 0 Å². The van der Waals surface area contributed by atoms with Crippen molar-refractivity contribution in [3.63, 3.8) is 0 Å². The average Bonchev–Trinajstić information content (AvgIpc) is 2.80. The highest BCUT2D eigenvalue weighted by atomic mass is 35.5. The Labute approximate surface area is 118 Å². The van der Waals surface area contributed by atoms with Gasteiger partial charge in [-0.05, 0) is 30.3 Å². The van der Waals surface area contributed by atoms with Crippen LogP contribution in [0.2, 0.25) is 4.34 Å². The monoisotopic (exact) mass is 303 g/mol. The van der Waals surface area contributed by atoms with Gasteiger partial charge < -0.3 is 10.4 Å². The van der Waals surface area contributed by atoms with E-state index in [-0.39, 0.29) is 18.7 Å². The topological polar surface area (TPSA) is 32.3 Å². The van der Waals surface area contributed by atoms with E-state index in [1.807, 2.05) is 0 Å². The van der Waals surface area contributed by atoms with Crippen LogP contribution in [0.25, 0.3) is 0 Å². The zero-order valence-electron chi connectivity index (χ0n) is 9.87. The second kappa shape index (κ2) is 6.43. The van der Waals surface area contributed by atoms with Crippen LogP contribution in [0.1, 0.15) is 16.5 Å². The number of aliphatic hydroxyl groups is 1. The second-order valence-electron chi connectivity index (χ2n) is 4.02. The maximum Gasteiger partial charge on any atom is 0.127 e. The molecule has 0 amide bonds. The van der Waals surface area contributed by atoms with Crippen LogP contribution in [-0.4, -0.2) is 11.7 Å². The maximum absolute atomic E-state index is 13.3. The molecule has 0 saturated heterocycles. The predicted octanol–water partition coefficient (Wildman–Crippen LogP) is 3.50. The fourth-order valence-corrected chi connectivity index (χ4v) is 2.68. The molecule has 0 radical (unpaired) electrons. The molecule has 1 aromatic carbocycles. The smallest absolute Gasteiger partial charge is 0.127 e. The quantitative estimate of drug-likeness (QED) is 0.886. The Morgan fingerprint density at radius 1 is 1.26 bits per heavy atom. The highest BCUT2D eigenvalue weighted by molar-refractivity contribution is 7.16. The summed E-state index contributed by atoms with van der Waals surface area (Å²) in [4.78, 5) is 0.734. The molecule has 0 saturated carbocycles. The van der Waals surface area contributed by atoms with Gasteiger partial charge in [0.25, 0.3) is 0 Å². The molecule has 2 aromatic rings. The third-order valence-corrected chi connectivity index (χ3v) is 3.92. The molecule has 6 heteroatoms. The largest absolute Gasteiger partial charge is 0.386 e. The third-order valence-electron chi connectivity index (χ3n) is 2.58. The molecule has 0 fully saturated rings. The first-order chi connectivity index (χ1) is 9.06. The van der Waals surface area contributed by atoms with Gasteiger partial charge in [0.05, 0.1) is 4.34 Å². The van der Waals surface area contributed by atoms with Crippen molar-refractivity contribution < 1.29 is 13.9 Å². The van der Waals surface area contributed by atoms with E-state index < -0.39 is 17.7 Å². The molecule has 2 rings (SSSR count). The molecular formula is C13H12ClF2NOS. The van der Waals surface area contributed by atoms with Crippen molar-refractivity contribution >= 4 is 22.9 Å². The SMILES string of the molecule is OC(CNCc1cc(F)ccc1F)c1ccc(Cl)s1. The molecule has 1 atom stereocenters. The molecule has 0 aliphatic rings. The van der Waals surface area contributed by atoms with E-state index in [2.05, 4.69) is 5.32 Å². The van der Waals surface area contributed by atoms with E-state index in [1.165, 1.54) is 11.3 Å². The summed E-state index contributed by atoms with van der Waals surface area (Å²) in [5.41, 5.74) is 0.233. The molecule has 2 N–H and O–H groups in total. The summed E-state index contributed by atoms with van der Waals surface area (Å²) in [6.07, 6.45) is -0.714. The number of hydrogen-bond acceptors (Lipinski definition) is 3. The molecule has 1 heterocycles. The van der Waals surface area contributed by atoms with Crippen molar-refractivity contribution in [2.75, 3.05) is 6.54 Å². The van der Waals surface area contributed by atoms with Crippen LogP contribution in [0.5, 0.6) is 0 Å². The lowest BCUT2D eigenvalue weighted by atomic mass is 10.2. The summed E-state index contributed by atoms with van der Waals surface area (Å²) in [5.74, 6) is -0.952. The van der Waals surface area contributed by atoms with E-state index in [0.29, 0.717) is 4.34 Å². The zero-order chi connectivity index (χ0) is 13.8. The number of thiophene rings is 1. The maximum atomic E-state index is 13.3. The highest BCUT2D eigenvalue weighted by Gasteiger charge is 2.10. The molecule has 0 spiro atoms. The fourth-order valence-electron chi connectivity index (χ4n) is 1.63. The summed E-state index contributed by atoms with van der Waals surface area (Å²) < 4.78 is 26.9. The molecule has 19 heavy (non-hydrogen) atoms. The minimum Gasteiger partial charge on any atom is -0.386 e. The first kappa shape index (κ1) is 14.4. The average molecular weight is 304 g/mol. The number of halogens is 3. The highest BCUT2D eigenvalue weighted by Crippen LogP contribution is 2.26. The van der Waals surface area contributed by atoms with Crippen LogP contribution in [0.15, 0.2) is 30.3 Å². The summed E-state index contributed by atoms with van der Waals surface area (Å²) in [7, 11) is 0. The van der Waals surface area contributed by atoms with E-state index in [1.54, 1.807) is 12.1 Å². The first-order valence-electron chi connectivity index (χ1n) is 5.64. The molecule has 102 valence electrons. The lowest BCUT2D eigenvalue weighted by Gasteiger charge is -2.10. The Morgan fingerprint density at radius 3 is 2.74 bits per heavy atom. The molecule has 1 aromatic heterocycles. The van der Waals surface area contributed by atoms with Gasteiger partial charge in [-0.3, -0.25) is 0 Å². The number of nitrogens with one attached hydrogen (secondary N) is 1. The van der Waals surface area contributed by atoms with Crippen molar-refractivity contribution in [3.05, 3.63) is 56.7 Å². The van der Waals surface area contributed by atoms with Gasteiger partial charge in [0.15, 0.2) is 0 Å². The normalized spacial score (nSPS) is 12.6. The Kier molecular flexibility index (Phi) is 4.87. The lowest BCUT2D eigenvalue weighted by molar-refractivity contribution is 0.178. The van der Waals surface area contributed by atoms with Crippen LogP contribution in [-0.2, 0) is 6.54 Å². The van der Waals surface area contributed by atoms with E-state index in [9.17, 15) is 13.9 Å². The Balaban J connectivity index is 1.88. The number of aliphatic hydroxyl groups excluding tert-OH is 1. The molecular weight excluding hydrogens is 292 g/mol. The van der Waals surface area contributed by atoms with Crippen molar-refractivity contribution in [1.82, 2.24) is 5.32 Å². The standard InChI is InChI=1S/C13H12ClF2NOS/c14-13-4-3-12(19-13)11(18)7-17-6-8-5-9(15)1-2-10(8)16/h1-5,11,17-18H,6-7H2. The Hall–Kier alpha value is -1.01. The Bertz CT molecular complexity index is 561. The number of hydrogen-bond donors (Lipinski definition) is 2. The predicted molar refractivity (Wildman–Crippen MR) is 72.4 cm³/mol. The number of rotatable bonds is 5. The lowest BCUT2D eigenvalue weighted by Crippen LogP contribution is -2.21. The minimum absolute atomic E-state index is 0.153. The Morgan fingerprint density at radius 2 is 2.05 bits per heavy atom. The fraction of sp³-hybridized carbons (Fsp3) is 0.231. The first-order valence-corrected chi connectivity index (χ1v) is 6.83. The van der Waals surface area contributed by atoms with Gasteiger partial charge in [-0.15, -0.1) is 11.3 Å². The van der Waals surface area contributed by atoms with Gasteiger partial charge in [-0.25, -0.2) is 8.78 Å². The molecule has 1 unspecified atom stereocenters. The van der Waals surface area contributed by atoms with Gasteiger partial charge in [-0.1, -0.05) is 11.6 Å². The number of benzene rings is 1. The second-order valence-corrected chi connectivity index (χ2v) is 5.77. The van der Waals surface area contributed by atoms with Crippen LogP contribution in [0, 0.1) is 11.6 Å². The van der Waals surface area contributed by atoms with Gasteiger partial charge in [0.1, 0.15) is 17.7 Å². The van der Waals surface area contributed by atoms with Gasteiger partial charge in [0.2, 0.25) is 0 Å². The molecule has 2 nitrogen and oxygen atoms in total. The van der Waals surface area contributed by atoms with Gasteiger partial charge >= 0.3 is 0 Å². The van der Waals surface area contributed by atoms with Gasteiger partial charge in [-0.2, -0.15) is 0 Å². The van der Waals surface area contributed by atoms with Crippen LogP contribution >= 0.6 is 22.9 Å². The summed E-state index contributed by atoms with van der Waals surface area (Å²) in [5, 5.41) is 12.7. The van der Waals surface area contributed by atoms with Crippen LogP contribution in [0.3, 0.4) is 0 Å². The van der Waals surface area contributed by atoms with Crippen LogP contribution in [0.4, 0.5) is 8.78 Å². The molecule has 0 aliphatic heterocycles. The van der Waals surface area contributed by atoms with Crippen molar-refractivity contribution in [2.45, 2.75) is 12.6 Å². The zero-order valence-corrected chi connectivity index (χ0v) is 11.4. The van der Waals surface area contributed by atoms with Crippen molar-refractivity contribution in [1.29, 1.82) is 0 Å². The van der Waals surface area contributed by atoms with Crippen molar-refractivity contribution in [3.8, 4) is 0 Å². The van der Waals surface area contributed by atoms with Gasteiger partial charge in [0, 0.05) is 23.5 Å². The molecule has 0 aliphatic carbocycles. The van der Waals surface area contributed by atoms with E-state index >= 15 is 0 Å². The summed E-state index contributed by atoms with van der Waals surface area (Å²) >= 11 is 7.06. The third kappa shape index (κ3) is 3.98. The summed E-state index contributed by atoms with van der Waals surface area (Å²) in [6.45, 7) is 0.395. The van der Waals surface area contributed by atoms with Crippen LogP contribution < -0.4 is 5.32 Å². The van der Waals surface area contributed by atoms with E-state index in [0.717, 1.165) is 23.1 Å². The minimum atomic E-state index is -0.714. The summed E-state index contributed by atoms with van der Waals surface area (Å²) in [6, 6.07) is 6.74. The van der Waals surface area contributed by atoms with E-state index in [4.69, 9.17) is 11.6 Å². The molecule has 0 bridgehead atoms.